The molecule has 0 bridgehead atoms. The first-order valence-electron chi connectivity index (χ1n) is 8.79. The van der Waals surface area contributed by atoms with Gasteiger partial charge in [0.25, 0.3) is 11.8 Å². The maximum Gasteiger partial charge on any atom is 0.335 e. The first kappa shape index (κ1) is 20.7. The molecule has 0 unspecified atom stereocenters. The van der Waals surface area contributed by atoms with Crippen LogP contribution < -0.4 is 29.2 Å². The van der Waals surface area contributed by atoms with E-state index in [4.69, 9.17) is 18.9 Å². The quantitative estimate of drug-likeness (QED) is 0.574. The molecular formula is C21H20N2O7. The minimum Gasteiger partial charge on any atom is -0.497 e. The van der Waals surface area contributed by atoms with E-state index in [1.807, 2.05) is 0 Å². The molecule has 0 aromatic heterocycles. The summed E-state index contributed by atoms with van der Waals surface area (Å²) in [5, 5.41) is 2.18. The summed E-state index contributed by atoms with van der Waals surface area (Å²) in [6.07, 6.45) is 1.33. The van der Waals surface area contributed by atoms with E-state index >= 15 is 0 Å². The zero-order valence-corrected chi connectivity index (χ0v) is 16.8. The Morgan fingerprint density at radius 3 is 2.13 bits per heavy atom. The van der Waals surface area contributed by atoms with Crippen molar-refractivity contribution >= 4 is 29.6 Å². The number of carbonyl (C=O) groups is 3. The number of rotatable bonds is 6. The average Bonchev–Trinajstić information content (AvgIpc) is 2.76. The Labute approximate surface area is 172 Å². The Balaban J connectivity index is 2.09. The minimum absolute atomic E-state index is 0.247. The normalized spacial score (nSPS) is 15.1. The highest BCUT2D eigenvalue weighted by Gasteiger charge is 2.37. The van der Waals surface area contributed by atoms with Gasteiger partial charge in [-0.25, -0.2) is 9.69 Å². The minimum atomic E-state index is -0.852. The monoisotopic (exact) mass is 412 g/mol. The molecule has 0 aliphatic carbocycles. The van der Waals surface area contributed by atoms with Gasteiger partial charge in [0, 0.05) is 17.7 Å². The van der Waals surface area contributed by atoms with Crippen LogP contribution in [-0.2, 0) is 9.59 Å². The van der Waals surface area contributed by atoms with Crippen molar-refractivity contribution in [2.24, 2.45) is 0 Å². The van der Waals surface area contributed by atoms with E-state index in [9.17, 15) is 14.4 Å². The predicted octanol–water partition coefficient (Wildman–Crippen LogP) is 2.39. The SMILES string of the molecule is COc1cccc(N2C(=O)NC(=O)C(=Cc3cc(OC)c(OC)cc3OC)C2=O)c1. The molecule has 9 heteroatoms. The molecule has 3 rings (SSSR count). The van der Waals surface area contributed by atoms with Crippen molar-refractivity contribution in [1.29, 1.82) is 0 Å². The Bertz CT molecular complexity index is 1050. The zero-order chi connectivity index (χ0) is 21.8. The van der Waals surface area contributed by atoms with Gasteiger partial charge in [-0.15, -0.1) is 0 Å². The van der Waals surface area contributed by atoms with Gasteiger partial charge in [-0.1, -0.05) is 6.07 Å². The van der Waals surface area contributed by atoms with E-state index in [1.165, 1.54) is 40.6 Å². The molecule has 4 amide bonds. The number of urea groups is 1. The molecule has 9 nitrogen and oxygen atoms in total. The Morgan fingerprint density at radius 2 is 1.50 bits per heavy atom. The second-order valence-electron chi connectivity index (χ2n) is 6.11. The topological polar surface area (TPSA) is 103 Å². The Kier molecular flexibility index (Phi) is 5.91. The number of barbiturate groups is 1. The third-order valence-corrected chi connectivity index (χ3v) is 4.45. The molecule has 2 aromatic carbocycles. The number of anilines is 1. The van der Waals surface area contributed by atoms with Crippen molar-refractivity contribution in [3.05, 3.63) is 47.5 Å². The molecule has 1 heterocycles. The van der Waals surface area contributed by atoms with Crippen LogP contribution >= 0.6 is 0 Å². The van der Waals surface area contributed by atoms with Gasteiger partial charge in [0.05, 0.1) is 34.1 Å². The highest BCUT2D eigenvalue weighted by molar-refractivity contribution is 6.39. The van der Waals surface area contributed by atoms with E-state index in [1.54, 1.807) is 30.3 Å². The van der Waals surface area contributed by atoms with Crippen molar-refractivity contribution in [2.45, 2.75) is 0 Å². The van der Waals surface area contributed by atoms with Gasteiger partial charge in [0.15, 0.2) is 11.5 Å². The van der Waals surface area contributed by atoms with Crippen LogP contribution in [0.5, 0.6) is 23.0 Å². The summed E-state index contributed by atoms with van der Waals surface area (Å²) in [7, 11) is 5.85. The van der Waals surface area contributed by atoms with Crippen LogP contribution in [0, 0.1) is 0 Å². The molecule has 2 aromatic rings. The fraction of sp³-hybridized carbons (Fsp3) is 0.190. The Hall–Kier alpha value is -4.01. The fourth-order valence-corrected chi connectivity index (χ4v) is 2.96. The highest BCUT2D eigenvalue weighted by atomic mass is 16.5. The van der Waals surface area contributed by atoms with Crippen LogP contribution in [0.3, 0.4) is 0 Å². The molecule has 156 valence electrons. The van der Waals surface area contributed by atoms with Crippen LogP contribution in [0.4, 0.5) is 10.5 Å². The van der Waals surface area contributed by atoms with Gasteiger partial charge in [0.1, 0.15) is 17.1 Å². The first-order valence-corrected chi connectivity index (χ1v) is 8.79. The van der Waals surface area contributed by atoms with E-state index in [-0.39, 0.29) is 11.3 Å². The third-order valence-electron chi connectivity index (χ3n) is 4.45. The summed E-state index contributed by atoms with van der Waals surface area (Å²) in [4.78, 5) is 38.7. The molecule has 1 saturated heterocycles. The number of nitrogens with one attached hydrogen (secondary N) is 1. The number of hydrogen-bond acceptors (Lipinski definition) is 7. The molecule has 1 aliphatic heterocycles. The lowest BCUT2D eigenvalue weighted by Gasteiger charge is -2.26. The third kappa shape index (κ3) is 3.77. The van der Waals surface area contributed by atoms with Crippen LogP contribution in [-0.4, -0.2) is 46.3 Å². The maximum absolute atomic E-state index is 13.1. The first-order chi connectivity index (χ1) is 14.4. The number of nitrogens with zero attached hydrogens (tertiary/aromatic N) is 1. The van der Waals surface area contributed by atoms with Gasteiger partial charge >= 0.3 is 6.03 Å². The number of methoxy groups -OCH3 is 4. The summed E-state index contributed by atoms with van der Waals surface area (Å²) in [6, 6.07) is 8.67. The molecule has 0 radical (unpaired) electrons. The number of carbonyl (C=O) groups excluding carboxylic acids is 3. The summed E-state index contributed by atoms with van der Waals surface area (Å²) in [5.41, 5.74) is 0.408. The molecule has 0 spiro atoms. The van der Waals surface area contributed by atoms with Gasteiger partial charge < -0.3 is 18.9 Å². The predicted molar refractivity (Wildman–Crippen MR) is 108 cm³/mol. The lowest BCUT2D eigenvalue weighted by atomic mass is 10.1. The fourth-order valence-electron chi connectivity index (χ4n) is 2.96. The summed E-state index contributed by atoms with van der Waals surface area (Å²) in [6.45, 7) is 0. The number of ether oxygens (including phenoxy) is 4. The highest BCUT2D eigenvalue weighted by Crippen LogP contribution is 2.36. The van der Waals surface area contributed by atoms with E-state index < -0.39 is 17.8 Å². The number of hydrogen-bond donors (Lipinski definition) is 1. The zero-order valence-electron chi connectivity index (χ0n) is 16.8. The molecule has 30 heavy (non-hydrogen) atoms. The molecule has 1 fully saturated rings. The van der Waals surface area contributed by atoms with Crippen LogP contribution in [0.2, 0.25) is 0 Å². The lowest BCUT2D eigenvalue weighted by Crippen LogP contribution is -2.54. The van der Waals surface area contributed by atoms with E-state index in [0.29, 0.717) is 28.6 Å². The van der Waals surface area contributed by atoms with Crippen molar-refractivity contribution < 1.29 is 33.3 Å². The summed E-state index contributed by atoms with van der Waals surface area (Å²) in [5.74, 6) is 0.0103. The molecule has 0 saturated carbocycles. The van der Waals surface area contributed by atoms with Gasteiger partial charge in [0.2, 0.25) is 0 Å². The number of amides is 4. The number of benzene rings is 2. The van der Waals surface area contributed by atoms with Crippen LogP contribution in [0.1, 0.15) is 5.56 Å². The van der Waals surface area contributed by atoms with Crippen LogP contribution in [0.15, 0.2) is 42.0 Å². The van der Waals surface area contributed by atoms with Crippen molar-refractivity contribution in [2.75, 3.05) is 33.3 Å². The molecule has 1 aliphatic rings. The molecule has 1 N–H and O–H groups in total. The van der Waals surface area contributed by atoms with E-state index in [0.717, 1.165) is 4.90 Å². The summed E-state index contributed by atoms with van der Waals surface area (Å²) >= 11 is 0. The second kappa shape index (κ2) is 8.56. The molecule has 0 atom stereocenters. The van der Waals surface area contributed by atoms with Gasteiger partial charge in [-0.05, 0) is 24.3 Å². The Morgan fingerprint density at radius 1 is 0.833 bits per heavy atom. The van der Waals surface area contributed by atoms with Crippen molar-refractivity contribution in [1.82, 2.24) is 5.32 Å². The van der Waals surface area contributed by atoms with Gasteiger partial charge in [-0.2, -0.15) is 0 Å². The summed E-state index contributed by atoms with van der Waals surface area (Å²) < 4.78 is 21.0. The number of imide groups is 2. The smallest absolute Gasteiger partial charge is 0.335 e. The maximum atomic E-state index is 13.1. The second-order valence-corrected chi connectivity index (χ2v) is 6.11. The standard InChI is InChI=1S/C21H20N2O7/c1-27-14-7-5-6-13(10-14)23-20(25)15(19(24)22-21(23)26)8-12-9-17(29-3)18(30-4)11-16(12)28-2/h5-11H,1-4H3,(H,22,24,26). The van der Waals surface area contributed by atoms with Crippen LogP contribution in [0.25, 0.3) is 6.08 Å². The molecular weight excluding hydrogens is 392 g/mol. The van der Waals surface area contributed by atoms with Crippen molar-refractivity contribution in [3.63, 3.8) is 0 Å². The van der Waals surface area contributed by atoms with E-state index in [2.05, 4.69) is 5.32 Å². The van der Waals surface area contributed by atoms with Crippen molar-refractivity contribution in [3.8, 4) is 23.0 Å². The lowest BCUT2D eigenvalue weighted by molar-refractivity contribution is -0.122. The average molecular weight is 412 g/mol. The van der Waals surface area contributed by atoms with Gasteiger partial charge in [-0.3, -0.25) is 14.9 Å². The largest absolute Gasteiger partial charge is 0.497 e.